The zero-order valence-corrected chi connectivity index (χ0v) is 22.8. The number of rotatable bonds is 6. The van der Waals surface area contributed by atoms with Gasteiger partial charge >= 0.3 is 12.2 Å². The van der Waals surface area contributed by atoms with Crippen molar-refractivity contribution in [2.24, 2.45) is 0 Å². The van der Waals surface area contributed by atoms with E-state index >= 15 is 0 Å². The fourth-order valence-electron chi connectivity index (χ4n) is 5.51. The molecule has 2 aliphatic heterocycles. The van der Waals surface area contributed by atoms with E-state index in [2.05, 4.69) is 26.1 Å². The van der Waals surface area contributed by atoms with Crippen LogP contribution in [0.5, 0.6) is 0 Å². The summed E-state index contributed by atoms with van der Waals surface area (Å²) in [6, 6.07) is 18.2. The first-order chi connectivity index (χ1) is 20.2. The number of anilines is 2. The number of fused-ring (bicyclic) bond motifs is 3. The van der Waals surface area contributed by atoms with Crippen LogP contribution in [0.2, 0.25) is 5.02 Å². The highest BCUT2D eigenvalue weighted by atomic mass is 35.5. The molecule has 2 atom stereocenters. The minimum atomic E-state index is -1.26. The van der Waals surface area contributed by atoms with Gasteiger partial charge in [-0.25, -0.2) is 9.59 Å². The molecule has 42 heavy (non-hydrogen) atoms. The number of nitrogens with one attached hydrogen (secondary N) is 4. The summed E-state index contributed by atoms with van der Waals surface area (Å²) >= 11 is 6.26. The molecule has 4 aromatic rings. The summed E-state index contributed by atoms with van der Waals surface area (Å²) in [6.45, 7) is 0.409. The number of hydrogen-bond acceptors (Lipinski definition) is 6. The molecule has 5 N–H and O–H groups in total. The van der Waals surface area contributed by atoms with E-state index in [-0.39, 0.29) is 30.3 Å². The topological polar surface area (TPSA) is 166 Å². The summed E-state index contributed by atoms with van der Waals surface area (Å²) < 4.78 is 5.77. The van der Waals surface area contributed by atoms with Crippen molar-refractivity contribution in [3.05, 3.63) is 88.4 Å². The number of carbonyl (C=O) groups excluding carboxylic acids is 3. The van der Waals surface area contributed by atoms with Crippen molar-refractivity contribution < 1.29 is 29.0 Å². The molecular formula is C29H25ClN6O6. The normalized spacial score (nSPS) is 18.2. The summed E-state index contributed by atoms with van der Waals surface area (Å²) in [5.74, 6) is -0.698. The van der Waals surface area contributed by atoms with Crippen LogP contribution < -0.4 is 16.0 Å². The van der Waals surface area contributed by atoms with E-state index in [1.807, 2.05) is 30.3 Å². The van der Waals surface area contributed by atoms with E-state index in [9.17, 15) is 19.2 Å². The Hall–Kier alpha value is -5.10. The summed E-state index contributed by atoms with van der Waals surface area (Å²) in [6.07, 6.45) is -1.27. The number of carbonyl (C=O) groups is 4. The van der Waals surface area contributed by atoms with Crippen molar-refractivity contribution in [2.45, 2.75) is 24.5 Å². The van der Waals surface area contributed by atoms with Crippen molar-refractivity contribution in [2.75, 3.05) is 23.7 Å². The number of benzene rings is 3. The average Bonchev–Trinajstić information content (AvgIpc) is 3.57. The molecule has 0 unspecified atom stereocenters. The standard InChI is InChI=1S/C29H25ClN6O6/c30-18-7-9-21-20(14-18)29(42-28(41)32-21)10-11-36(15-29)26(38)23(12-16-4-2-1-3-5-16)31-25(37)17-6-8-19-22(13-17)34-35-24(19)33-27(39)40/h1-9,13-14,23H,10-12,15H2,(H,31,37)(H,32,41)(H,39,40)(H2,33,34,35)/t23-,29-/m0/s1. The molecule has 2 aliphatic rings. The molecule has 12 nitrogen and oxygen atoms in total. The summed E-state index contributed by atoms with van der Waals surface area (Å²) in [5.41, 5.74) is 1.76. The van der Waals surface area contributed by atoms with Gasteiger partial charge in [0, 0.05) is 40.9 Å². The Bertz CT molecular complexity index is 1730. The number of aromatic nitrogens is 2. The molecule has 3 heterocycles. The Morgan fingerprint density at radius 2 is 1.93 bits per heavy atom. The van der Waals surface area contributed by atoms with Crippen molar-refractivity contribution >= 4 is 58.0 Å². The molecular weight excluding hydrogens is 564 g/mol. The molecule has 0 radical (unpaired) electrons. The van der Waals surface area contributed by atoms with Crippen LogP contribution in [0.4, 0.5) is 21.1 Å². The molecule has 0 bridgehead atoms. The third-order valence-electron chi connectivity index (χ3n) is 7.48. The first-order valence-corrected chi connectivity index (χ1v) is 13.5. The van der Waals surface area contributed by atoms with Crippen LogP contribution >= 0.6 is 11.6 Å². The number of hydrogen-bond donors (Lipinski definition) is 5. The smallest absolute Gasteiger partial charge is 0.412 e. The maximum atomic E-state index is 14.0. The molecule has 1 aromatic heterocycles. The highest BCUT2D eigenvalue weighted by Crippen LogP contribution is 2.44. The number of aromatic amines is 1. The highest BCUT2D eigenvalue weighted by Gasteiger charge is 2.49. The van der Waals surface area contributed by atoms with Gasteiger partial charge in [-0.05, 0) is 42.0 Å². The van der Waals surface area contributed by atoms with Gasteiger partial charge in [0.05, 0.1) is 17.7 Å². The molecule has 4 amide bonds. The predicted octanol–water partition coefficient (Wildman–Crippen LogP) is 4.34. The number of halogens is 1. The van der Waals surface area contributed by atoms with Gasteiger partial charge in [-0.2, -0.15) is 5.10 Å². The van der Waals surface area contributed by atoms with E-state index in [0.717, 1.165) is 5.56 Å². The lowest BCUT2D eigenvalue weighted by molar-refractivity contribution is -0.133. The molecule has 214 valence electrons. The maximum absolute atomic E-state index is 14.0. The van der Waals surface area contributed by atoms with Gasteiger partial charge in [0.2, 0.25) is 5.91 Å². The van der Waals surface area contributed by atoms with Gasteiger partial charge in [-0.3, -0.25) is 25.3 Å². The van der Waals surface area contributed by atoms with Crippen LogP contribution in [0.15, 0.2) is 66.7 Å². The van der Waals surface area contributed by atoms with E-state index < -0.39 is 29.7 Å². The number of amides is 4. The SMILES string of the molecule is O=C(O)Nc1n[nH]c2cc(C(=O)N[C@@H](Cc3ccccc3)C(=O)N3CC[C@@]4(C3)OC(=O)Nc3ccc(Cl)cc34)ccc12. The van der Waals surface area contributed by atoms with E-state index in [1.165, 1.54) is 12.1 Å². The third-order valence-corrected chi connectivity index (χ3v) is 7.71. The van der Waals surface area contributed by atoms with Gasteiger partial charge in [0.15, 0.2) is 11.4 Å². The second kappa shape index (κ2) is 10.7. The minimum Gasteiger partial charge on any atom is -0.465 e. The Labute approximate surface area is 244 Å². The van der Waals surface area contributed by atoms with Crippen molar-refractivity contribution in [1.82, 2.24) is 20.4 Å². The number of ether oxygens (including phenoxy) is 1. The van der Waals surface area contributed by atoms with Crippen molar-refractivity contribution in [3.63, 3.8) is 0 Å². The van der Waals surface area contributed by atoms with Gasteiger partial charge in [0.25, 0.3) is 5.91 Å². The van der Waals surface area contributed by atoms with Gasteiger partial charge in [0.1, 0.15) is 6.04 Å². The molecule has 1 spiro atoms. The van der Waals surface area contributed by atoms with Crippen LogP contribution in [-0.4, -0.2) is 63.3 Å². The van der Waals surface area contributed by atoms with E-state index in [0.29, 0.717) is 40.1 Å². The van der Waals surface area contributed by atoms with Crippen LogP contribution in [-0.2, 0) is 21.6 Å². The summed E-state index contributed by atoms with van der Waals surface area (Å²) in [7, 11) is 0. The molecule has 6 rings (SSSR count). The predicted molar refractivity (Wildman–Crippen MR) is 154 cm³/mol. The monoisotopic (exact) mass is 588 g/mol. The molecule has 13 heteroatoms. The van der Waals surface area contributed by atoms with Gasteiger partial charge in [-0.15, -0.1) is 0 Å². The summed E-state index contributed by atoms with van der Waals surface area (Å²) in [4.78, 5) is 52.4. The number of H-pyrrole nitrogens is 1. The molecule has 3 aromatic carbocycles. The lowest BCUT2D eigenvalue weighted by Gasteiger charge is -2.35. The fraction of sp³-hybridized carbons (Fsp3) is 0.207. The third kappa shape index (κ3) is 5.19. The summed E-state index contributed by atoms with van der Waals surface area (Å²) in [5, 5.41) is 24.4. The minimum absolute atomic E-state index is 0.104. The van der Waals surface area contributed by atoms with Crippen molar-refractivity contribution in [3.8, 4) is 0 Å². The lowest BCUT2D eigenvalue weighted by Crippen LogP contribution is -2.50. The lowest BCUT2D eigenvalue weighted by atomic mass is 9.90. The quantitative estimate of drug-likeness (QED) is 0.223. The molecule has 1 fully saturated rings. The average molecular weight is 589 g/mol. The van der Waals surface area contributed by atoms with Crippen LogP contribution in [0.3, 0.4) is 0 Å². The first kappa shape index (κ1) is 27.1. The molecule has 1 saturated heterocycles. The zero-order chi connectivity index (χ0) is 29.4. The van der Waals surface area contributed by atoms with Gasteiger partial charge in [-0.1, -0.05) is 41.9 Å². The second-order valence-corrected chi connectivity index (χ2v) is 10.6. The fourth-order valence-corrected chi connectivity index (χ4v) is 5.68. The van der Waals surface area contributed by atoms with Crippen molar-refractivity contribution in [1.29, 1.82) is 0 Å². The molecule has 0 saturated carbocycles. The Morgan fingerprint density at radius 3 is 2.71 bits per heavy atom. The number of carboxylic acid groups (broad SMARTS) is 1. The van der Waals surface area contributed by atoms with E-state index in [4.69, 9.17) is 21.4 Å². The van der Waals surface area contributed by atoms with Crippen LogP contribution in [0.25, 0.3) is 10.9 Å². The highest BCUT2D eigenvalue weighted by molar-refractivity contribution is 6.30. The Balaban J connectivity index is 1.25. The zero-order valence-electron chi connectivity index (χ0n) is 22.0. The Morgan fingerprint density at radius 1 is 1.12 bits per heavy atom. The second-order valence-electron chi connectivity index (χ2n) is 10.2. The van der Waals surface area contributed by atoms with Crippen LogP contribution in [0, 0.1) is 0 Å². The maximum Gasteiger partial charge on any atom is 0.412 e. The Kier molecular flexibility index (Phi) is 6.91. The van der Waals surface area contributed by atoms with Crippen LogP contribution in [0.1, 0.15) is 27.9 Å². The number of likely N-dealkylation sites (tertiary alicyclic amines) is 1. The first-order valence-electron chi connectivity index (χ1n) is 13.1. The van der Waals surface area contributed by atoms with E-state index in [1.54, 1.807) is 29.2 Å². The number of nitrogens with zero attached hydrogens (tertiary/aromatic N) is 2. The van der Waals surface area contributed by atoms with Gasteiger partial charge < -0.3 is 20.1 Å². The largest absolute Gasteiger partial charge is 0.465 e. The molecule has 0 aliphatic carbocycles.